The molecule has 0 bridgehead atoms. The predicted octanol–water partition coefficient (Wildman–Crippen LogP) is 2.14. The minimum Gasteiger partial charge on any atom is -0.371 e. The number of amides is 1. The Morgan fingerprint density at radius 2 is 1.90 bits per heavy atom. The average molecular weight is 275 g/mol. The van der Waals surface area contributed by atoms with E-state index in [9.17, 15) is 4.79 Å². The Labute approximate surface area is 121 Å². The van der Waals surface area contributed by atoms with Crippen LogP contribution in [-0.4, -0.2) is 35.5 Å². The molecule has 1 aliphatic heterocycles. The summed E-state index contributed by atoms with van der Waals surface area (Å²) in [4.78, 5) is 14.4. The number of benzene rings is 1. The van der Waals surface area contributed by atoms with E-state index in [1.54, 1.807) is 0 Å². The Morgan fingerprint density at radius 3 is 2.40 bits per heavy atom. The molecule has 4 heteroatoms. The fraction of sp³-hybridized carbons (Fsp3) is 0.562. The van der Waals surface area contributed by atoms with Crippen molar-refractivity contribution in [3.8, 4) is 0 Å². The number of carbonyl (C=O) groups is 1. The first-order valence-electron chi connectivity index (χ1n) is 7.32. The molecule has 1 aromatic carbocycles. The number of nitrogens with one attached hydrogen (secondary N) is 1. The van der Waals surface area contributed by atoms with E-state index < -0.39 is 5.54 Å². The number of aryl methyl sites for hydroxylation is 1. The Bertz CT molecular complexity index is 476. The molecule has 1 saturated heterocycles. The van der Waals surface area contributed by atoms with Crippen molar-refractivity contribution in [1.82, 2.24) is 4.90 Å². The number of hydrogen-bond acceptors (Lipinski definition) is 3. The normalized spacial score (nSPS) is 19.0. The Kier molecular flexibility index (Phi) is 4.33. The molecule has 0 aliphatic carbocycles. The van der Waals surface area contributed by atoms with Gasteiger partial charge in [-0.05, 0) is 45.2 Å². The van der Waals surface area contributed by atoms with Gasteiger partial charge in [-0.15, -0.1) is 0 Å². The van der Waals surface area contributed by atoms with E-state index in [0.29, 0.717) is 6.04 Å². The summed E-state index contributed by atoms with van der Waals surface area (Å²) in [6.07, 6.45) is 1.52. The van der Waals surface area contributed by atoms with Gasteiger partial charge in [0.05, 0.1) is 0 Å². The van der Waals surface area contributed by atoms with Gasteiger partial charge in [0.15, 0.2) is 0 Å². The largest absolute Gasteiger partial charge is 0.371 e. The van der Waals surface area contributed by atoms with Gasteiger partial charge >= 0.3 is 0 Å². The number of nitrogens with two attached hydrogens (primary N) is 1. The van der Waals surface area contributed by atoms with Crippen LogP contribution in [0.2, 0.25) is 0 Å². The van der Waals surface area contributed by atoms with Gasteiger partial charge < -0.3 is 16.0 Å². The molecule has 0 atom stereocenters. The molecule has 1 aliphatic rings. The second-order valence-electron chi connectivity index (χ2n) is 6.02. The Hall–Kier alpha value is -1.55. The lowest BCUT2D eigenvalue weighted by atomic mass is 9.85. The Morgan fingerprint density at radius 1 is 1.30 bits per heavy atom. The molecule has 1 heterocycles. The standard InChI is InChI=1S/C16H25N3O/c1-12(2)19-10-8-16(9-11-19,15(17)20)18-14-7-5-4-6-13(14)3/h4-7,12,18H,8-11H2,1-3H3,(H2,17,20). The summed E-state index contributed by atoms with van der Waals surface area (Å²) < 4.78 is 0. The third-order valence-corrected chi connectivity index (χ3v) is 4.37. The summed E-state index contributed by atoms with van der Waals surface area (Å²) in [5, 5.41) is 3.42. The minimum absolute atomic E-state index is 0.246. The van der Waals surface area contributed by atoms with Crippen LogP contribution in [0.25, 0.3) is 0 Å². The van der Waals surface area contributed by atoms with Gasteiger partial charge in [-0.25, -0.2) is 0 Å². The summed E-state index contributed by atoms with van der Waals surface area (Å²) in [5.41, 5.74) is 7.23. The number of rotatable bonds is 4. The maximum Gasteiger partial charge on any atom is 0.243 e. The third-order valence-electron chi connectivity index (χ3n) is 4.37. The zero-order valence-corrected chi connectivity index (χ0v) is 12.6. The summed E-state index contributed by atoms with van der Waals surface area (Å²) in [5.74, 6) is -0.246. The summed E-state index contributed by atoms with van der Waals surface area (Å²) in [7, 11) is 0. The number of para-hydroxylation sites is 1. The minimum atomic E-state index is -0.614. The number of carbonyl (C=O) groups excluding carboxylic acids is 1. The van der Waals surface area contributed by atoms with E-state index >= 15 is 0 Å². The van der Waals surface area contributed by atoms with Crippen LogP contribution in [0.1, 0.15) is 32.3 Å². The fourth-order valence-electron chi connectivity index (χ4n) is 2.83. The van der Waals surface area contributed by atoms with Gasteiger partial charge in [-0.2, -0.15) is 0 Å². The van der Waals surface area contributed by atoms with E-state index in [1.165, 1.54) is 0 Å². The van der Waals surface area contributed by atoms with Crippen LogP contribution in [0, 0.1) is 6.92 Å². The van der Waals surface area contributed by atoms with Crippen molar-refractivity contribution in [2.24, 2.45) is 5.73 Å². The van der Waals surface area contributed by atoms with Crippen LogP contribution in [-0.2, 0) is 4.79 Å². The van der Waals surface area contributed by atoms with E-state index in [2.05, 4.69) is 24.1 Å². The first-order chi connectivity index (χ1) is 9.44. The lowest BCUT2D eigenvalue weighted by Crippen LogP contribution is -2.58. The molecule has 0 unspecified atom stereocenters. The number of anilines is 1. The number of primary amides is 1. The van der Waals surface area contributed by atoms with Gasteiger partial charge in [0.1, 0.15) is 5.54 Å². The molecule has 1 amide bonds. The van der Waals surface area contributed by atoms with Gasteiger partial charge in [-0.1, -0.05) is 18.2 Å². The van der Waals surface area contributed by atoms with Gasteiger partial charge in [0, 0.05) is 24.8 Å². The number of hydrogen-bond donors (Lipinski definition) is 2. The lowest BCUT2D eigenvalue weighted by Gasteiger charge is -2.42. The smallest absolute Gasteiger partial charge is 0.243 e. The topological polar surface area (TPSA) is 58.4 Å². The predicted molar refractivity (Wildman–Crippen MR) is 82.7 cm³/mol. The molecule has 0 saturated carbocycles. The van der Waals surface area contributed by atoms with Crippen molar-refractivity contribution in [1.29, 1.82) is 0 Å². The van der Waals surface area contributed by atoms with Crippen LogP contribution >= 0.6 is 0 Å². The molecule has 3 N–H and O–H groups in total. The first kappa shape index (κ1) is 14.9. The molecule has 20 heavy (non-hydrogen) atoms. The van der Waals surface area contributed by atoms with E-state index in [1.807, 2.05) is 31.2 Å². The van der Waals surface area contributed by atoms with Crippen molar-refractivity contribution in [2.75, 3.05) is 18.4 Å². The summed E-state index contributed by atoms with van der Waals surface area (Å²) >= 11 is 0. The first-order valence-corrected chi connectivity index (χ1v) is 7.32. The van der Waals surface area contributed by atoms with Crippen molar-refractivity contribution >= 4 is 11.6 Å². The number of nitrogens with zero attached hydrogens (tertiary/aromatic N) is 1. The molecular formula is C16H25N3O. The molecule has 1 fully saturated rings. The molecular weight excluding hydrogens is 250 g/mol. The second-order valence-corrected chi connectivity index (χ2v) is 6.02. The molecule has 2 rings (SSSR count). The molecule has 110 valence electrons. The molecule has 4 nitrogen and oxygen atoms in total. The maximum absolute atomic E-state index is 12.0. The maximum atomic E-state index is 12.0. The van der Waals surface area contributed by atoms with Crippen molar-refractivity contribution in [3.05, 3.63) is 29.8 Å². The Balaban J connectivity index is 2.16. The van der Waals surface area contributed by atoms with E-state index in [0.717, 1.165) is 37.2 Å². The third kappa shape index (κ3) is 2.96. The zero-order valence-electron chi connectivity index (χ0n) is 12.6. The highest BCUT2D eigenvalue weighted by Gasteiger charge is 2.40. The SMILES string of the molecule is Cc1ccccc1NC1(C(N)=O)CCN(C(C)C)CC1. The second kappa shape index (κ2) is 5.83. The van der Waals surface area contributed by atoms with Crippen molar-refractivity contribution in [3.63, 3.8) is 0 Å². The van der Waals surface area contributed by atoms with Crippen LogP contribution < -0.4 is 11.1 Å². The van der Waals surface area contributed by atoms with Crippen LogP contribution in [0.4, 0.5) is 5.69 Å². The molecule has 0 aromatic heterocycles. The molecule has 0 radical (unpaired) electrons. The highest BCUT2D eigenvalue weighted by atomic mass is 16.1. The van der Waals surface area contributed by atoms with Gasteiger partial charge in [0.25, 0.3) is 0 Å². The average Bonchev–Trinajstić information content (AvgIpc) is 2.42. The molecule has 1 aromatic rings. The zero-order chi connectivity index (χ0) is 14.8. The van der Waals surface area contributed by atoms with Crippen molar-refractivity contribution in [2.45, 2.75) is 45.2 Å². The lowest BCUT2D eigenvalue weighted by molar-refractivity contribution is -0.124. The van der Waals surface area contributed by atoms with Crippen LogP contribution in [0.15, 0.2) is 24.3 Å². The highest BCUT2D eigenvalue weighted by Crippen LogP contribution is 2.29. The number of likely N-dealkylation sites (tertiary alicyclic amines) is 1. The highest BCUT2D eigenvalue weighted by molar-refractivity contribution is 5.88. The summed E-state index contributed by atoms with van der Waals surface area (Å²) in [6, 6.07) is 8.54. The van der Waals surface area contributed by atoms with Gasteiger partial charge in [0.2, 0.25) is 5.91 Å². The van der Waals surface area contributed by atoms with Crippen LogP contribution in [0.3, 0.4) is 0 Å². The van der Waals surface area contributed by atoms with E-state index in [-0.39, 0.29) is 5.91 Å². The fourth-order valence-corrected chi connectivity index (χ4v) is 2.83. The number of piperidine rings is 1. The van der Waals surface area contributed by atoms with Gasteiger partial charge in [-0.3, -0.25) is 4.79 Å². The summed E-state index contributed by atoms with van der Waals surface area (Å²) in [6.45, 7) is 8.22. The van der Waals surface area contributed by atoms with Crippen molar-refractivity contribution < 1.29 is 4.79 Å². The van der Waals surface area contributed by atoms with Crippen LogP contribution in [0.5, 0.6) is 0 Å². The quantitative estimate of drug-likeness (QED) is 0.885. The molecule has 0 spiro atoms. The monoisotopic (exact) mass is 275 g/mol. The van der Waals surface area contributed by atoms with E-state index in [4.69, 9.17) is 5.73 Å².